The zero-order valence-corrected chi connectivity index (χ0v) is 13.2. The monoisotopic (exact) mass is 312 g/mol. The Morgan fingerprint density at radius 3 is 2.35 bits per heavy atom. The highest BCUT2D eigenvalue weighted by molar-refractivity contribution is 5.96. The lowest BCUT2D eigenvalue weighted by Gasteiger charge is -2.10. The van der Waals surface area contributed by atoms with Crippen molar-refractivity contribution in [3.63, 3.8) is 0 Å². The molecule has 2 rings (SSSR count). The van der Waals surface area contributed by atoms with E-state index in [4.69, 9.17) is 4.74 Å². The number of rotatable bonds is 5. The summed E-state index contributed by atoms with van der Waals surface area (Å²) in [6.45, 7) is 3.78. The highest BCUT2D eigenvalue weighted by Crippen LogP contribution is 2.29. The Morgan fingerprint density at radius 1 is 1.00 bits per heavy atom. The lowest BCUT2D eigenvalue weighted by Crippen LogP contribution is -2.10. The first-order valence-corrected chi connectivity index (χ1v) is 7.40. The van der Waals surface area contributed by atoms with Crippen molar-refractivity contribution in [3.8, 4) is 11.5 Å². The van der Waals surface area contributed by atoms with Crippen molar-refractivity contribution in [2.24, 2.45) is 0 Å². The minimum atomic E-state index is -0.383. The van der Waals surface area contributed by atoms with Gasteiger partial charge in [-0.1, -0.05) is 36.4 Å². The molecule has 0 aliphatic rings. The molecule has 2 aromatic carbocycles. The summed E-state index contributed by atoms with van der Waals surface area (Å²) >= 11 is 0. The van der Waals surface area contributed by atoms with E-state index in [2.05, 4.69) is 0 Å². The molecule has 0 unspecified atom stereocenters. The van der Waals surface area contributed by atoms with Gasteiger partial charge in [0.15, 0.2) is 11.5 Å². The Labute approximate surface area is 135 Å². The molecule has 0 spiro atoms. The Hall–Kier alpha value is -2.75. The fraction of sp³-hybridized carbons (Fsp3) is 0.211. The number of hydrogen-bond donors (Lipinski definition) is 2. The molecule has 4 heteroatoms. The van der Waals surface area contributed by atoms with Gasteiger partial charge in [0.1, 0.15) is 0 Å². The zero-order valence-electron chi connectivity index (χ0n) is 13.2. The van der Waals surface area contributed by atoms with Gasteiger partial charge in [-0.3, -0.25) is 0 Å². The molecule has 2 N–H and O–H groups in total. The van der Waals surface area contributed by atoms with Crippen molar-refractivity contribution in [2.75, 3.05) is 6.61 Å². The molecule has 2 aromatic rings. The average Bonchev–Trinajstić information content (AvgIpc) is 2.57. The lowest BCUT2D eigenvalue weighted by atomic mass is 10.0. The number of benzene rings is 2. The number of carbonyl (C=O) groups is 1. The van der Waals surface area contributed by atoms with E-state index in [1.54, 1.807) is 19.9 Å². The minimum Gasteiger partial charge on any atom is -0.504 e. The number of aromatic hydroxyl groups is 2. The number of esters is 1. The van der Waals surface area contributed by atoms with Gasteiger partial charge in [0.25, 0.3) is 0 Å². The van der Waals surface area contributed by atoms with Gasteiger partial charge in [-0.2, -0.15) is 0 Å². The van der Waals surface area contributed by atoms with Gasteiger partial charge in [-0.15, -0.1) is 0 Å². The number of phenols is 2. The molecule has 0 radical (unpaired) electrons. The predicted molar refractivity (Wildman–Crippen MR) is 89.1 cm³/mol. The van der Waals surface area contributed by atoms with Crippen LogP contribution in [-0.2, 0) is 16.0 Å². The van der Waals surface area contributed by atoms with Crippen LogP contribution in [0.1, 0.15) is 25.0 Å². The van der Waals surface area contributed by atoms with Crippen LogP contribution in [0, 0.1) is 0 Å². The summed E-state index contributed by atoms with van der Waals surface area (Å²) in [5.41, 5.74) is 2.95. The maximum Gasteiger partial charge on any atom is 0.334 e. The fourth-order valence-corrected chi connectivity index (χ4v) is 2.14. The average molecular weight is 312 g/mol. The lowest BCUT2D eigenvalue weighted by molar-refractivity contribution is -0.138. The summed E-state index contributed by atoms with van der Waals surface area (Å²) in [6.07, 6.45) is 0.666. The third kappa shape index (κ3) is 4.36. The summed E-state index contributed by atoms with van der Waals surface area (Å²) in [4.78, 5) is 12.1. The van der Waals surface area contributed by atoms with E-state index in [1.165, 1.54) is 12.1 Å². The van der Waals surface area contributed by atoms with E-state index in [-0.39, 0.29) is 17.5 Å². The van der Waals surface area contributed by atoms with Gasteiger partial charge in [0, 0.05) is 12.0 Å². The van der Waals surface area contributed by atoms with Crippen LogP contribution in [0.2, 0.25) is 0 Å². The molecule has 0 fully saturated rings. The van der Waals surface area contributed by atoms with E-state index in [0.29, 0.717) is 29.7 Å². The summed E-state index contributed by atoms with van der Waals surface area (Å²) in [6, 6.07) is 14.3. The number of phenolic OH excluding ortho intramolecular Hbond substituents is 2. The van der Waals surface area contributed by atoms with Gasteiger partial charge in [-0.25, -0.2) is 4.79 Å². The molecule has 23 heavy (non-hydrogen) atoms. The normalized spacial score (nSPS) is 11.7. The largest absolute Gasteiger partial charge is 0.504 e. The molecule has 0 bridgehead atoms. The molecule has 120 valence electrons. The van der Waals surface area contributed by atoms with Crippen molar-refractivity contribution < 1.29 is 19.7 Å². The van der Waals surface area contributed by atoms with Crippen LogP contribution in [0.25, 0.3) is 5.57 Å². The van der Waals surface area contributed by atoms with Crippen LogP contribution in [0.15, 0.2) is 54.1 Å². The first kappa shape index (κ1) is 16.6. The Bertz CT molecular complexity index is 717. The molecule has 4 nitrogen and oxygen atoms in total. The van der Waals surface area contributed by atoms with Gasteiger partial charge in [0.2, 0.25) is 0 Å². The Kier molecular flexibility index (Phi) is 5.41. The quantitative estimate of drug-likeness (QED) is 0.502. The Balaban J connectivity index is 2.01. The minimum absolute atomic E-state index is 0.190. The smallest absolute Gasteiger partial charge is 0.334 e. The summed E-state index contributed by atoms with van der Waals surface area (Å²) < 4.78 is 5.30. The van der Waals surface area contributed by atoms with Crippen LogP contribution in [0.4, 0.5) is 0 Å². The molecule has 0 atom stereocenters. The summed E-state index contributed by atoms with van der Waals surface area (Å²) in [5.74, 6) is -0.789. The number of carbonyl (C=O) groups excluding carboxylic acids is 1. The third-order valence-corrected chi connectivity index (χ3v) is 3.74. The van der Waals surface area contributed by atoms with Crippen molar-refractivity contribution in [3.05, 3.63) is 65.2 Å². The molecule has 0 aliphatic carbocycles. The van der Waals surface area contributed by atoms with Gasteiger partial charge >= 0.3 is 5.97 Å². The molecule has 0 aliphatic heterocycles. The van der Waals surface area contributed by atoms with E-state index >= 15 is 0 Å². The van der Waals surface area contributed by atoms with Crippen LogP contribution in [0.3, 0.4) is 0 Å². The zero-order chi connectivity index (χ0) is 16.8. The first-order chi connectivity index (χ1) is 11.0. The van der Waals surface area contributed by atoms with E-state index in [9.17, 15) is 15.0 Å². The highest BCUT2D eigenvalue weighted by atomic mass is 16.5. The standard InChI is InChI=1S/C19H20O4/c1-13(16-8-9-17(20)18(21)12-16)14(2)19(22)23-11-10-15-6-4-3-5-7-15/h3-9,12,20-21H,10-11H2,1-2H3/b14-13+. The van der Waals surface area contributed by atoms with Crippen LogP contribution in [-0.4, -0.2) is 22.8 Å². The second-order valence-corrected chi connectivity index (χ2v) is 5.33. The summed E-state index contributed by atoms with van der Waals surface area (Å²) in [5, 5.41) is 18.9. The molecule has 0 amide bonds. The van der Waals surface area contributed by atoms with Crippen LogP contribution >= 0.6 is 0 Å². The molecule has 0 heterocycles. The topological polar surface area (TPSA) is 66.8 Å². The molecule has 0 saturated carbocycles. The number of allylic oxidation sites excluding steroid dienone is 1. The third-order valence-electron chi connectivity index (χ3n) is 3.74. The maximum absolute atomic E-state index is 12.1. The first-order valence-electron chi connectivity index (χ1n) is 7.40. The molecule has 0 aromatic heterocycles. The number of ether oxygens (including phenoxy) is 1. The molecular weight excluding hydrogens is 292 g/mol. The highest BCUT2D eigenvalue weighted by Gasteiger charge is 2.12. The van der Waals surface area contributed by atoms with Gasteiger partial charge < -0.3 is 14.9 Å². The molecule has 0 saturated heterocycles. The van der Waals surface area contributed by atoms with Crippen molar-refractivity contribution >= 4 is 11.5 Å². The van der Waals surface area contributed by atoms with Crippen LogP contribution in [0.5, 0.6) is 11.5 Å². The fourth-order valence-electron chi connectivity index (χ4n) is 2.14. The van der Waals surface area contributed by atoms with Gasteiger partial charge in [0.05, 0.1) is 6.61 Å². The second kappa shape index (κ2) is 7.49. The van der Waals surface area contributed by atoms with Crippen LogP contribution < -0.4 is 0 Å². The van der Waals surface area contributed by atoms with Crippen molar-refractivity contribution in [1.29, 1.82) is 0 Å². The van der Waals surface area contributed by atoms with E-state index in [0.717, 1.165) is 5.56 Å². The maximum atomic E-state index is 12.1. The van der Waals surface area contributed by atoms with E-state index in [1.807, 2.05) is 30.3 Å². The SMILES string of the molecule is C/C(C(=O)OCCc1ccccc1)=C(/C)c1ccc(O)c(O)c1. The van der Waals surface area contributed by atoms with Crippen molar-refractivity contribution in [1.82, 2.24) is 0 Å². The summed E-state index contributed by atoms with van der Waals surface area (Å²) in [7, 11) is 0. The predicted octanol–water partition coefficient (Wildman–Crippen LogP) is 3.68. The van der Waals surface area contributed by atoms with Gasteiger partial charge in [-0.05, 0) is 42.7 Å². The number of hydrogen-bond acceptors (Lipinski definition) is 4. The Morgan fingerprint density at radius 2 is 1.70 bits per heavy atom. The van der Waals surface area contributed by atoms with E-state index < -0.39 is 0 Å². The second-order valence-electron chi connectivity index (χ2n) is 5.33. The van der Waals surface area contributed by atoms with Crippen molar-refractivity contribution in [2.45, 2.75) is 20.3 Å². The molecular formula is C19H20O4.